The highest BCUT2D eigenvalue weighted by atomic mass is 16.8. The third-order valence-electron chi connectivity index (χ3n) is 5.03. The van der Waals surface area contributed by atoms with Crippen molar-refractivity contribution in [3.05, 3.63) is 22.8 Å². The average molecular weight is 427 g/mol. The lowest BCUT2D eigenvalue weighted by Gasteiger charge is -2.38. The second-order valence-electron chi connectivity index (χ2n) is 8.43. The summed E-state index contributed by atoms with van der Waals surface area (Å²) in [7, 11) is 3.01. The molecule has 170 valence electrons. The molecule has 0 saturated carbocycles. The van der Waals surface area contributed by atoms with Gasteiger partial charge in [-0.2, -0.15) is 0 Å². The molecule has 8 heteroatoms. The fourth-order valence-corrected chi connectivity index (χ4v) is 3.74. The molecule has 1 N–H and O–H groups in total. The van der Waals surface area contributed by atoms with Gasteiger partial charge < -0.3 is 28.8 Å². The van der Waals surface area contributed by atoms with E-state index in [-0.39, 0.29) is 37.4 Å². The molecule has 0 spiro atoms. The molecule has 0 bridgehead atoms. The van der Waals surface area contributed by atoms with Gasteiger partial charge in [0.05, 0.1) is 18.6 Å². The Labute approximate surface area is 178 Å². The molecular formula is C22H34O8. The highest BCUT2D eigenvalue weighted by Gasteiger charge is 2.47. The normalized spacial score (nSPS) is 26.1. The van der Waals surface area contributed by atoms with Crippen LogP contribution in [0.5, 0.6) is 0 Å². The molecule has 1 heterocycles. The summed E-state index contributed by atoms with van der Waals surface area (Å²) in [6.45, 7) is 7.44. The van der Waals surface area contributed by atoms with Crippen molar-refractivity contribution in [2.45, 2.75) is 59.2 Å². The molecule has 0 saturated heterocycles. The molecule has 4 atom stereocenters. The second-order valence-corrected chi connectivity index (χ2v) is 8.43. The van der Waals surface area contributed by atoms with E-state index in [1.54, 1.807) is 13.2 Å². The highest BCUT2D eigenvalue weighted by Crippen LogP contribution is 2.44. The summed E-state index contributed by atoms with van der Waals surface area (Å²) < 4.78 is 28.1. The Morgan fingerprint density at radius 2 is 1.70 bits per heavy atom. The van der Waals surface area contributed by atoms with Crippen LogP contribution in [0.4, 0.5) is 0 Å². The number of rotatable bonds is 10. The number of hydrogen-bond donors (Lipinski definition) is 1. The number of carbonyl (C=O) groups is 2. The molecule has 0 radical (unpaired) electrons. The van der Waals surface area contributed by atoms with Crippen LogP contribution < -0.4 is 0 Å². The molecule has 0 amide bonds. The van der Waals surface area contributed by atoms with Gasteiger partial charge in [-0.3, -0.25) is 9.59 Å². The lowest BCUT2D eigenvalue weighted by atomic mass is 9.88. The SMILES string of the molecule is CO[C@H]1O[C@H](OC(=O)CC(C)C)[C@H]2C(CO)=C[C@H](OC)C2=C1COC(=O)CC(C)C. The molecule has 1 aliphatic heterocycles. The van der Waals surface area contributed by atoms with Crippen LogP contribution in [-0.4, -0.2) is 63.2 Å². The molecule has 0 unspecified atom stereocenters. The predicted octanol–water partition coefficient (Wildman–Crippen LogP) is 2.35. The summed E-state index contributed by atoms with van der Waals surface area (Å²) in [5.41, 5.74) is 1.96. The summed E-state index contributed by atoms with van der Waals surface area (Å²) in [4.78, 5) is 24.4. The number of hydrogen-bond acceptors (Lipinski definition) is 8. The van der Waals surface area contributed by atoms with E-state index in [0.717, 1.165) is 5.57 Å². The third-order valence-corrected chi connectivity index (χ3v) is 5.03. The maximum absolute atomic E-state index is 12.3. The van der Waals surface area contributed by atoms with Gasteiger partial charge in [0.2, 0.25) is 6.29 Å². The standard InChI is InChI=1S/C22H34O8/c1-12(2)7-17(24)28-11-15-20-16(26-5)9-14(10-23)19(20)22(30-21(15)27-6)29-18(25)8-13(3)4/h9,12-13,16,19,21-23H,7-8,10-11H2,1-6H3/t16-,19-,21-,22-/m0/s1. The number of methoxy groups -OCH3 is 2. The van der Waals surface area contributed by atoms with E-state index in [4.69, 9.17) is 23.7 Å². The molecular weight excluding hydrogens is 392 g/mol. The average Bonchev–Trinajstić information content (AvgIpc) is 3.04. The zero-order chi connectivity index (χ0) is 22.4. The van der Waals surface area contributed by atoms with Crippen LogP contribution in [0.25, 0.3) is 0 Å². The van der Waals surface area contributed by atoms with Gasteiger partial charge in [-0.25, -0.2) is 0 Å². The number of aliphatic hydroxyl groups is 1. The lowest BCUT2D eigenvalue weighted by Crippen LogP contribution is -2.44. The maximum atomic E-state index is 12.3. The van der Waals surface area contributed by atoms with Crippen molar-refractivity contribution in [1.82, 2.24) is 0 Å². The summed E-state index contributed by atoms with van der Waals surface area (Å²) in [6.07, 6.45) is 0.0150. The van der Waals surface area contributed by atoms with Crippen molar-refractivity contribution in [3.8, 4) is 0 Å². The van der Waals surface area contributed by atoms with Gasteiger partial charge in [0.25, 0.3) is 0 Å². The number of fused-ring (bicyclic) bond motifs is 1. The van der Waals surface area contributed by atoms with Crippen LogP contribution in [0.1, 0.15) is 40.5 Å². The van der Waals surface area contributed by atoms with E-state index in [1.165, 1.54) is 7.11 Å². The summed E-state index contributed by atoms with van der Waals surface area (Å²) >= 11 is 0. The Hall–Kier alpha value is -1.74. The van der Waals surface area contributed by atoms with Crippen LogP contribution >= 0.6 is 0 Å². The Morgan fingerprint density at radius 1 is 1.07 bits per heavy atom. The van der Waals surface area contributed by atoms with Gasteiger partial charge >= 0.3 is 11.9 Å². The summed E-state index contributed by atoms with van der Waals surface area (Å²) in [5, 5.41) is 9.88. The zero-order valence-corrected chi connectivity index (χ0v) is 18.7. The number of aliphatic hydroxyl groups excluding tert-OH is 1. The number of carbonyl (C=O) groups excluding carboxylic acids is 2. The van der Waals surface area contributed by atoms with Crippen molar-refractivity contribution in [2.24, 2.45) is 17.8 Å². The minimum atomic E-state index is -0.968. The number of esters is 2. The van der Waals surface area contributed by atoms with Crippen LogP contribution in [0.3, 0.4) is 0 Å². The Morgan fingerprint density at radius 3 is 2.23 bits per heavy atom. The van der Waals surface area contributed by atoms with E-state index < -0.39 is 30.6 Å². The first kappa shape index (κ1) is 24.5. The molecule has 0 aromatic heterocycles. The Balaban J connectivity index is 2.34. The van der Waals surface area contributed by atoms with Gasteiger partial charge in [-0.05, 0) is 29.1 Å². The minimum absolute atomic E-state index is 0.0328. The maximum Gasteiger partial charge on any atom is 0.308 e. The topological polar surface area (TPSA) is 101 Å². The van der Waals surface area contributed by atoms with E-state index in [0.29, 0.717) is 17.6 Å². The molecule has 2 aliphatic rings. The molecule has 30 heavy (non-hydrogen) atoms. The molecule has 8 nitrogen and oxygen atoms in total. The number of ether oxygens (including phenoxy) is 5. The summed E-state index contributed by atoms with van der Waals surface area (Å²) in [5.74, 6) is -0.935. The van der Waals surface area contributed by atoms with E-state index in [9.17, 15) is 14.7 Å². The quantitative estimate of drug-likeness (QED) is 0.420. The Bertz CT molecular complexity index is 679. The first-order valence-electron chi connectivity index (χ1n) is 10.3. The van der Waals surface area contributed by atoms with Crippen LogP contribution in [0.15, 0.2) is 22.8 Å². The van der Waals surface area contributed by atoms with Crippen molar-refractivity contribution in [3.63, 3.8) is 0 Å². The zero-order valence-electron chi connectivity index (χ0n) is 18.7. The highest BCUT2D eigenvalue weighted by molar-refractivity contribution is 5.70. The van der Waals surface area contributed by atoms with Crippen molar-refractivity contribution in [1.29, 1.82) is 0 Å². The van der Waals surface area contributed by atoms with Gasteiger partial charge in [-0.1, -0.05) is 27.7 Å². The van der Waals surface area contributed by atoms with Gasteiger partial charge in [0.1, 0.15) is 6.61 Å². The Kier molecular flexibility index (Phi) is 9.03. The van der Waals surface area contributed by atoms with E-state index in [1.807, 2.05) is 27.7 Å². The van der Waals surface area contributed by atoms with Gasteiger partial charge in [0.15, 0.2) is 6.29 Å². The monoisotopic (exact) mass is 426 g/mol. The van der Waals surface area contributed by atoms with Crippen LogP contribution in [0.2, 0.25) is 0 Å². The predicted molar refractivity (Wildman–Crippen MR) is 108 cm³/mol. The first-order chi connectivity index (χ1) is 14.2. The smallest absolute Gasteiger partial charge is 0.308 e. The van der Waals surface area contributed by atoms with E-state index >= 15 is 0 Å². The fourth-order valence-electron chi connectivity index (χ4n) is 3.74. The second kappa shape index (κ2) is 11.0. The lowest BCUT2D eigenvalue weighted by molar-refractivity contribution is -0.242. The minimum Gasteiger partial charge on any atom is -0.461 e. The summed E-state index contributed by atoms with van der Waals surface area (Å²) in [6, 6.07) is 0. The van der Waals surface area contributed by atoms with Gasteiger partial charge in [0, 0.05) is 32.6 Å². The molecule has 0 aromatic carbocycles. The third kappa shape index (κ3) is 5.91. The van der Waals surface area contributed by atoms with E-state index in [2.05, 4.69) is 0 Å². The molecule has 1 aliphatic carbocycles. The molecule has 2 rings (SSSR count). The van der Waals surface area contributed by atoms with Crippen LogP contribution in [-0.2, 0) is 33.3 Å². The fraction of sp³-hybridized carbons (Fsp3) is 0.727. The van der Waals surface area contributed by atoms with Crippen molar-refractivity contribution >= 4 is 11.9 Å². The molecule has 0 fully saturated rings. The first-order valence-corrected chi connectivity index (χ1v) is 10.3. The molecule has 0 aromatic rings. The van der Waals surface area contributed by atoms with Crippen molar-refractivity contribution < 1.29 is 38.4 Å². The largest absolute Gasteiger partial charge is 0.461 e. The van der Waals surface area contributed by atoms with Crippen LogP contribution in [0, 0.1) is 17.8 Å². The van der Waals surface area contributed by atoms with Crippen molar-refractivity contribution in [2.75, 3.05) is 27.4 Å². The van der Waals surface area contributed by atoms with Gasteiger partial charge in [-0.15, -0.1) is 0 Å².